The molecule has 2 rings (SSSR count). The number of carbonyl (C=O) groups excluding carboxylic acids is 3. The van der Waals surface area contributed by atoms with Crippen molar-refractivity contribution in [3.63, 3.8) is 0 Å². The van der Waals surface area contributed by atoms with Gasteiger partial charge in [-0.25, -0.2) is 4.39 Å². The van der Waals surface area contributed by atoms with Gasteiger partial charge in [0.05, 0.1) is 6.54 Å². The van der Waals surface area contributed by atoms with Crippen LogP contribution in [0.2, 0.25) is 0 Å². The van der Waals surface area contributed by atoms with Crippen molar-refractivity contribution in [3.8, 4) is 5.75 Å². The summed E-state index contributed by atoms with van der Waals surface area (Å²) in [6.45, 7) is 0.474. The lowest BCUT2D eigenvalue weighted by Crippen LogP contribution is -2.37. The minimum absolute atomic E-state index is 0.0995. The van der Waals surface area contributed by atoms with Crippen LogP contribution in [-0.2, 0) is 14.4 Å². The van der Waals surface area contributed by atoms with Crippen LogP contribution in [0.4, 0.5) is 4.39 Å². The first kappa shape index (κ1) is 15.0. The predicted molar refractivity (Wildman–Crippen MR) is 71.0 cm³/mol. The molecule has 1 aliphatic heterocycles. The van der Waals surface area contributed by atoms with Gasteiger partial charge in [0.15, 0.2) is 0 Å². The minimum atomic E-state index is -0.951. The monoisotopic (exact) mass is 294 g/mol. The van der Waals surface area contributed by atoms with Crippen LogP contribution in [0.25, 0.3) is 0 Å². The molecule has 1 unspecified atom stereocenters. The van der Waals surface area contributed by atoms with Gasteiger partial charge in [0.2, 0.25) is 11.7 Å². The topological polar surface area (TPSA) is 75.7 Å². The van der Waals surface area contributed by atoms with Crippen LogP contribution < -0.4 is 10.1 Å². The second-order valence-electron chi connectivity index (χ2n) is 4.70. The zero-order valence-corrected chi connectivity index (χ0v) is 11.5. The van der Waals surface area contributed by atoms with E-state index in [0.717, 1.165) is 0 Å². The molecule has 21 heavy (non-hydrogen) atoms. The second kappa shape index (κ2) is 6.34. The molecule has 1 atom stereocenters. The summed E-state index contributed by atoms with van der Waals surface area (Å²) >= 11 is 0. The number of ether oxygens (including phenoxy) is 1. The number of Topliss-reactive ketones (excluding diaryl/α,β-unsaturated/α-hetero) is 1. The fourth-order valence-corrected chi connectivity index (χ4v) is 1.98. The van der Waals surface area contributed by atoms with E-state index < -0.39 is 23.5 Å². The standard InChI is InChI=1S/C14H15FN2O4/c1-17-8-11(12(18)14(17)20)13(19)16-6-7-21-10-4-2-9(15)3-5-10/h2-5,11H,6-8H2,1H3,(H,16,19). The van der Waals surface area contributed by atoms with Crippen molar-refractivity contribution in [1.82, 2.24) is 10.2 Å². The highest BCUT2D eigenvalue weighted by Crippen LogP contribution is 2.12. The van der Waals surface area contributed by atoms with Crippen molar-refractivity contribution in [2.24, 2.45) is 5.92 Å². The van der Waals surface area contributed by atoms with E-state index in [1.54, 1.807) is 0 Å². The highest BCUT2D eigenvalue weighted by Gasteiger charge is 2.41. The largest absolute Gasteiger partial charge is 0.492 e. The number of ketones is 1. The molecule has 0 bridgehead atoms. The summed E-state index contributed by atoms with van der Waals surface area (Å²) in [4.78, 5) is 35.8. The zero-order chi connectivity index (χ0) is 15.4. The van der Waals surface area contributed by atoms with E-state index in [1.807, 2.05) is 0 Å². The summed E-state index contributed by atoms with van der Waals surface area (Å²) in [6, 6.07) is 5.50. The SMILES string of the molecule is CN1CC(C(=O)NCCOc2ccc(F)cc2)C(=O)C1=O. The van der Waals surface area contributed by atoms with Crippen molar-refractivity contribution in [3.05, 3.63) is 30.1 Å². The Morgan fingerprint density at radius 2 is 2.05 bits per heavy atom. The van der Waals surface area contributed by atoms with Gasteiger partial charge in [-0.2, -0.15) is 0 Å². The van der Waals surface area contributed by atoms with Crippen molar-refractivity contribution in [1.29, 1.82) is 0 Å². The van der Waals surface area contributed by atoms with Gasteiger partial charge in [0.1, 0.15) is 24.1 Å². The summed E-state index contributed by atoms with van der Waals surface area (Å²) in [7, 11) is 1.48. The number of hydrogen-bond acceptors (Lipinski definition) is 4. The number of amides is 2. The fraction of sp³-hybridized carbons (Fsp3) is 0.357. The number of hydrogen-bond donors (Lipinski definition) is 1. The van der Waals surface area contributed by atoms with Crippen LogP contribution in [0.15, 0.2) is 24.3 Å². The Balaban J connectivity index is 1.74. The van der Waals surface area contributed by atoms with E-state index in [2.05, 4.69) is 5.32 Å². The Morgan fingerprint density at radius 3 is 2.62 bits per heavy atom. The smallest absolute Gasteiger partial charge is 0.290 e. The molecular formula is C14H15FN2O4. The van der Waals surface area contributed by atoms with E-state index in [4.69, 9.17) is 4.74 Å². The van der Waals surface area contributed by atoms with E-state index in [0.29, 0.717) is 5.75 Å². The molecule has 1 aromatic carbocycles. The number of benzene rings is 1. The Kier molecular flexibility index (Phi) is 4.52. The lowest BCUT2D eigenvalue weighted by atomic mass is 10.1. The van der Waals surface area contributed by atoms with Crippen LogP contribution in [0.5, 0.6) is 5.75 Å². The summed E-state index contributed by atoms with van der Waals surface area (Å²) in [6.07, 6.45) is 0. The third-order valence-electron chi connectivity index (χ3n) is 3.13. The van der Waals surface area contributed by atoms with Gasteiger partial charge in [-0.05, 0) is 24.3 Å². The number of nitrogens with one attached hydrogen (secondary N) is 1. The molecule has 0 aliphatic carbocycles. The molecule has 0 spiro atoms. The number of carbonyl (C=O) groups is 3. The minimum Gasteiger partial charge on any atom is -0.492 e. The van der Waals surface area contributed by atoms with Gasteiger partial charge in [-0.15, -0.1) is 0 Å². The lowest BCUT2D eigenvalue weighted by molar-refractivity contribution is -0.142. The molecule has 2 amide bonds. The lowest BCUT2D eigenvalue weighted by Gasteiger charge is -2.10. The van der Waals surface area contributed by atoms with Crippen LogP contribution in [0.1, 0.15) is 0 Å². The Bertz CT molecular complexity index is 559. The molecule has 112 valence electrons. The number of halogens is 1. The summed E-state index contributed by atoms with van der Waals surface area (Å²) in [5.41, 5.74) is 0. The zero-order valence-electron chi connectivity index (χ0n) is 11.5. The third kappa shape index (κ3) is 3.56. The van der Waals surface area contributed by atoms with Gasteiger partial charge in [-0.1, -0.05) is 0 Å². The first-order valence-corrected chi connectivity index (χ1v) is 6.44. The van der Waals surface area contributed by atoms with E-state index in [-0.39, 0.29) is 25.5 Å². The van der Waals surface area contributed by atoms with Crippen LogP contribution >= 0.6 is 0 Å². The first-order chi connectivity index (χ1) is 9.99. The number of rotatable bonds is 5. The number of nitrogens with zero attached hydrogens (tertiary/aromatic N) is 1. The maximum atomic E-state index is 12.7. The van der Waals surface area contributed by atoms with Crippen LogP contribution in [-0.4, -0.2) is 49.2 Å². The van der Waals surface area contributed by atoms with E-state index in [1.165, 1.54) is 36.2 Å². The Labute approximate surface area is 120 Å². The maximum absolute atomic E-state index is 12.7. The summed E-state index contributed by atoms with van der Waals surface area (Å²) in [5.74, 6) is -2.64. The Hall–Kier alpha value is -2.44. The van der Waals surface area contributed by atoms with Crippen molar-refractivity contribution in [2.75, 3.05) is 26.7 Å². The normalized spacial score (nSPS) is 18.0. The predicted octanol–water partition coefficient (Wildman–Crippen LogP) is -0.0220. The quantitative estimate of drug-likeness (QED) is 0.470. The average Bonchev–Trinajstić information content (AvgIpc) is 2.73. The number of likely N-dealkylation sites (tertiary alicyclic amines) is 1. The van der Waals surface area contributed by atoms with Crippen molar-refractivity contribution >= 4 is 17.6 Å². The average molecular weight is 294 g/mol. The van der Waals surface area contributed by atoms with Crippen molar-refractivity contribution in [2.45, 2.75) is 0 Å². The molecule has 1 aliphatic rings. The maximum Gasteiger partial charge on any atom is 0.290 e. The van der Waals surface area contributed by atoms with Crippen LogP contribution in [0, 0.1) is 11.7 Å². The van der Waals surface area contributed by atoms with E-state index >= 15 is 0 Å². The third-order valence-corrected chi connectivity index (χ3v) is 3.13. The molecule has 1 aromatic rings. The summed E-state index contributed by atoms with van der Waals surface area (Å²) in [5, 5.41) is 2.54. The van der Waals surface area contributed by atoms with Gasteiger partial charge in [0, 0.05) is 13.6 Å². The summed E-state index contributed by atoms with van der Waals surface area (Å²) < 4.78 is 18.0. The molecule has 6 nitrogen and oxygen atoms in total. The number of likely N-dealkylation sites (N-methyl/N-ethyl adjacent to an activating group) is 1. The molecule has 1 N–H and O–H groups in total. The fourth-order valence-electron chi connectivity index (χ4n) is 1.98. The Morgan fingerprint density at radius 1 is 1.38 bits per heavy atom. The molecule has 1 saturated heterocycles. The molecule has 0 radical (unpaired) electrons. The van der Waals surface area contributed by atoms with Gasteiger partial charge < -0.3 is 15.0 Å². The highest BCUT2D eigenvalue weighted by molar-refractivity contribution is 6.42. The van der Waals surface area contributed by atoms with E-state index in [9.17, 15) is 18.8 Å². The molecule has 0 saturated carbocycles. The molecule has 1 heterocycles. The molecule has 7 heteroatoms. The highest BCUT2D eigenvalue weighted by atomic mass is 19.1. The van der Waals surface area contributed by atoms with Crippen LogP contribution in [0.3, 0.4) is 0 Å². The first-order valence-electron chi connectivity index (χ1n) is 6.44. The molecule has 1 fully saturated rings. The second-order valence-corrected chi connectivity index (χ2v) is 4.70. The van der Waals surface area contributed by atoms with Gasteiger partial charge in [0.25, 0.3) is 5.91 Å². The molecular weight excluding hydrogens is 279 g/mol. The van der Waals surface area contributed by atoms with Gasteiger partial charge in [-0.3, -0.25) is 14.4 Å². The molecule has 0 aromatic heterocycles. The van der Waals surface area contributed by atoms with Gasteiger partial charge >= 0.3 is 0 Å². The van der Waals surface area contributed by atoms with Crippen molar-refractivity contribution < 1.29 is 23.5 Å².